The normalized spacial score (nSPS) is 11.6. The summed E-state index contributed by atoms with van der Waals surface area (Å²) in [4.78, 5) is 21.7. The molecule has 16 aromatic carbocycles. The van der Waals surface area contributed by atoms with Crippen LogP contribution in [0.1, 0.15) is 11.1 Å². The molecule has 538 valence electrons. The van der Waals surface area contributed by atoms with Gasteiger partial charge in [-0.3, -0.25) is 0 Å². The molecule has 6 aromatic heterocycles. The summed E-state index contributed by atoms with van der Waals surface area (Å²) in [6.07, 6.45) is 0. The van der Waals surface area contributed by atoms with Gasteiger partial charge >= 0.3 is 0 Å². The molecule has 22 rings (SSSR count). The minimum Gasteiger partial charge on any atom is -0.309 e. The maximum Gasteiger partial charge on any atom is 0.160 e. The molecule has 0 fully saturated rings. The Labute approximate surface area is 667 Å². The van der Waals surface area contributed by atoms with E-state index in [-0.39, 0.29) is 0 Å². The summed E-state index contributed by atoms with van der Waals surface area (Å²) in [5, 5.41) is 30.8. The average molecular weight is 1480 g/mol. The van der Waals surface area contributed by atoms with Crippen molar-refractivity contribution < 1.29 is 0 Å². The second-order valence-corrected chi connectivity index (χ2v) is 29.5. The first-order valence-corrected chi connectivity index (χ1v) is 38.8. The van der Waals surface area contributed by atoms with Gasteiger partial charge in [0.15, 0.2) is 11.6 Å². The maximum absolute atomic E-state index is 11.0. The summed E-state index contributed by atoms with van der Waals surface area (Å²) < 4.78 is 9.39. The number of hydrogen-bond donors (Lipinski definition) is 0. The van der Waals surface area contributed by atoms with Crippen molar-refractivity contribution in [2.24, 2.45) is 0 Å². The van der Waals surface area contributed by atoms with Crippen LogP contribution < -0.4 is 0 Å². The number of para-hydroxylation sites is 6. The molecule has 0 saturated heterocycles. The average Bonchev–Trinajstić information content (AvgIpc) is 1.58. The lowest BCUT2D eigenvalue weighted by atomic mass is 9.96. The third-order valence-corrected chi connectivity index (χ3v) is 22.8. The highest BCUT2D eigenvalue weighted by Crippen LogP contribution is 2.46. The Kier molecular flexibility index (Phi) is 15.8. The summed E-state index contributed by atoms with van der Waals surface area (Å²) >= 11 is 0. The van der Waals surface area contributed by atoms with Gasteiger partial charge in [0.1, 0.15) is 0 Å². The first kappa shape index (κ1) is 66.8. The van der Waals surface area contributed by atoms with Gasteiger partial charge in [-0.15, -0.1) is 0 Å². The molecule has 116 heavy (non-hydrogen) atoms. The molecule has 0 bridgehead atoms. The number of nitrogens with zero attached hydrogens (tertiary/aromatic N) is 10. The zero-order valence-corrected chi connectivity index (χ0v) is 62.4. The molecule has 0 radical (unpaired) electrons. The fourth-order valence-electron chi connectivity index (χ4n) is 17.5. The largest absolute Gasteiger partial charge is 0.309 e. The zero-order chi connectivity index (χ0) is 76.9. The van der Waals surface area contributed by atoms with Gasteiger partial charge < -0.3 is 18.3 Å². The minimum absolute atomic E-state index is 0.482. The van der Waals surface area contributed by atoms with E-state index in [1.807, 2.05) is 48.5 Å². The molecule has 0 aliphatic rings. The summed E-state index contributed by atoms with van der Waals surface area (Å²) in [7, 11) is 0. The van der Waals surface area contributed by atoms with Crippen LogP contribution in [0.5, 0.6) is 0 Å². The summed E-state index contributed by atoms with van der Waals surface area (Å²) in [6.45, 7) is 0. The van der Waals surface area contributed by atoms with E-state index in [0.29, 0.717) is 22.8 Å². The Morgan fingerprint density at radius 2 is 0.457 bits per heavy atom. The third kappa shape index (κ3) is 11.2. The Bertz CT molecular complexity index is 7160. The predicted octanol–water partition coefficient (Wildman–Crippen LogP) is 26.4. The van der Waals surface area contributed by atoms with Gasteiger partial charge in [0.2, 0.25) is 0 Å². The molecule has 0 saturated carbocycles. The Morgan fingerprint density at radius 3 is 0.767 bits per heavy atom. The molecule has 22 aromatic rings. The van der Waals surface area contributed by atoms with Crippen LogP contribution in [0.4, 0.5) is 0 Å². The fraction of sp³-hybridized carbons (Fsp3) is 0. The molecule has 0 spiro atoms. The highest BCUT2D eigenvalue weighted by atomic mass is 15.0. The number of hydrogen-bond acceptors (Lipinski definition) is 6. The van der Waals surface area contributed by atoms with Crippen molar-refractivity contribution in [1.82, 2.24) is 38.2 Å². The molecule has 0 atom stereocenters. The minimum atomic E-state index is 0.482. The molecule has 0 amide bonds. The Hall–Kier alpha value is -16.1. The number of rotatable bonds is 13. The maximum atomic E-state index is 11.0. The molecular formula is C106H64N10. The van der Waals surface area contributed by atoms with Gasteiger partial charge in [0.25, 0.3) is 0 Å². The molecule has 10 nitrogen and oxygen atoms in total. The number of aromatic nitrogens is 8. The Morgan fingerprint density at radius 1 is 0.190 bits per heavy atom. The molecule has 0 N–H and O–H groups in total. The molecule has 10 heteroatoms. The second kappa shape index (κ2) is 27.4. The fourth-order valence-corrected chi connectivity index (χ4v) is 17.5. The van der Waals surface area contributed by atoms with Crippen LogP contribution in [-0.2, 0) is 0 Å². The summed E-state index contributed by atoms with van der Waals surface area (Å²) in [6, 6.07) is 141. The van der Waals surface area contributed by atoms with Gasteiger partial charge in [-0.2, -0.15) is 10.5 Å². The van der Waals surface area contributed by atoms with Crippen LogP contribution >= 0.6 is 0 Å². The number of benzene rings is 16. The van der Waals surface area contributed by atoms with Crippen LogP contribution in [0.3, 0.4) is 0 Å². The smallest absolute Gasteiger partial charge is 0.160 e. The standard InChI is InChI=1S/C106H64N10/c107-65-67-45-49-101(115-99-43-23-17-37-85(99)89-61-73(47-51-103(89)115)75-55-77(59-79(57-75)113-95-39-19-13-33-81(95)82-34-14-20-40-96(82)113)105-109-91(69-25-5-1-6-26-69)63-92(110-105)70-27-7-2-8-28-70)87(53-67)88-54-68(66-108)46-50-102(88)116-100-44-24-18-38-86(100)90-62-74(48-52-104(90)116)76-56-78(60-80(58-76)114-97-41-21-15-35-83(97)84-36-16-22-42-98(84)114)106-111-93(71-29-9-3-10-30-71)64-94(112-106)72-31-11-4-12-32-72/h1-64H. The highest BCUT2D eigenvalue weighted by Gasteiger charge is 2.26. The first-order chi connectivity index (χ1) is 57.4. The molecule has 6 heterocycles. The monoisotopic (exact) mass is 1480 g/mol. The molecule has 0 aliphatic heterocycles. The van der Waals surface area contributed by atoms with E-state index in [4.69, 9.17) is 19.9 Å². The second-order valence-electron chi connectivity index (χ2n) is 29.5. The highest BCUT2D eigenvalue weighted by molar-refractivity contribution is 6.15. The van der Waals surface area contributed by atoms with Crippen LogP contribution in [0, 0.1) is 22.7 Å². The van der Waals surface area contributed by atoms with E-state index >= 15 is 0 Å². The van der Waals surface area contributed by atoms with E-state index in [2.05, 4.69) is 370 Å². The quantitative estimate of drug-likeness (QED) is 0.113. The van der Waals surface area contributed by atoms with Crippen molar-refractivity contribution >= 4 is 87.2 Å². The van der Waals surface area contributed by atoms with Gasteiger partial charge in [-0.1, -0.05) is 243 Å². The van der Waals surface area contributed by atoms with Gasteiger partial charge in [0.05, 0.1) is 102 Å². The first-order valence-electron chi connectivity index (χ1n) is 38.8. The number of fused-ring (bicyclic) bond motifs is 12. The topological polar surface area (TPSA) is 119 Å². The zero-order valence-electron chi connectivity index (χ0n) is 62.4. The van der Waals surface area contributed by atoms with Crippen molar-refractivity contribution in [3.05, 3.63) is 399 Å². The third-order valence-electron chi connectivity index (χ3n) is 22.8. The van der Waals surface area contributed by atoms with Gasteiger partial charge in [0, 0.05) is 99.0 Å². The van der Waals surface area contributed by atoms with E-state index in [9.17, 15) is 10.5 Å². The van der Waals surface area contributed by atoms with Crippen LogP contribution in [0.2, 0.25) is 0 Å². The molecule has 0 aliphatic carbocycles. The predicted molar refractivity (Wildman–Crippen MR) is 473 cm³/mol. The van der Waals surface area contributed by atoms with Gasteiger partial charge in [-0.25, -0.2) is 19.9 Å². The van der Waals surface area contributed by atoms with Crippen molar-refractivity contribution in [1.29, 1.82) is 10.5 Å². The van der Waals surface area contributed by atoms with E-state index in [1.54, 1.807) is 0 Å². The van der Waals surface area contributed by atoms with E-state index in [1.165, 1.54) is 0 Å². The van der Waals surface area contributed by atoms with Crippen molar-refractivity contribution in [3.63, 3.8) is 0 Å². The Balaban J connectivity index is 0.718. The lowest BCUT2D eigenvalue weighted by Crippen LogP contribution is -2.02. The SMILES string of the molecule is N#Cc1ccc(-n2c3ccccc3c3cc(-c4cc(-c5nc(-c6ccccc6)cc(-c6ccccc6)n5)cc(-n5c6ccccc6c6ccccc65)c4)ccc32)c(-c2cc(C#N)ccc2-n2c3ccccc3c3cc(-c4cc(-c5nc(-c6ccccc6)cc(-c6ccccc6)n5)cc(-n5c6ccccc6c6ccccc65)c4)ccc32)c1. The molecular weight excluding hydrogens is 1410 g/mol. The lowest BCUT2D eigenvalue weighted by Gasteiger charge is -2.19. The summed E-state index contributed by atoms with van der Waals surface area (Å²) in [5.74, 6) is 1.21. The molecule has 0 unspecified atom stereocenters. The summed E-state index contributed by atoms with van der Waals surface area (Å²) in [5.41, 5.74) is 27.4. The van der Waals surface area contributed by atoms with Crippen LogP contribution in [-0.4, -0.2) is 38.2 Å². The van der Waals surface area contributed by atoms with Crippen molar-refractivity contribution in [3.8, 4) is 136 Å². The van der Waals surface area contributed by atoms with Crippen LogP contribution in [0.25, 0.3) is 211 Å². The van der Waals surface area contributed by atoms with Crippen molar-refractivity contribution in [2.45, 2.75) is 0 Å². The van der Waals surface area contributed by atoms with Crippen molar-refractivity contribution in [2.75, 3.05) is 0 Å². The van der Waals surface area contributed by atoms with E-state index < -0.39 is 0 Å². The van der Waals surface area contributed by atoms with Crippen LogP contribution in [0.15, 0.2) is 388 Å². The van der Waals surface area contributed by atoms with Gasteiger partial charge in [-0.05, 0) is 168 Å². The number of nitriles is 2. The lowest BCUT2D eigenvalue weighted by molar-refractivity contribution is 1.16. The van der Waals surface area contributed by atoms with E-state index in [0.717, 1.165) is 200 Å².